The Balaban J connectivity index is 1.40. The minimum absolute atomic E-state index is 0.180. The second kappa shape index (κ2) is 8.23. The van der Waals surface area contributed by atoms with Gasteiger partial charge in [-0.1, -0.05) is 41.9 Å². The number of aromatic nitrogens is 3. The Morgan fingerprint density at radius 3 is 2.81 bits per heavy atom. The van der Waals surface area contributed by atoms with Crippen molar-refractivity contribution in [3.8, 4) is 0 Å². The number of rotatable bonds is 6. The number of anilines is 1. The van der Waals surface area contributed by atoms with Crippen LogP contribution in [0.4, 0.5) is 5.69 Å². The molecular weight excluding hydrogens is 380 g/mol. The first-order valence-corrected chi connectivity index (χ1v) is 10.4. The third-order valence-electron chi connectivity index (χ3n) is 4.70. The van der Waals surface area contributed by atoms with E-state index >= 15 is 0 Å². The van der Waals surface area contributed by atoms with Gasteiger partial charge in [0.25, 0.3) is 5.56 Å². The second-order valence-electron chi connectivity index (χ2n) is 6.68. The molecule has 1 aliphatic rings. The smallest absolute Gasteiger partial charge is 0.287 e. The van der Waals surface area contributed by atoms with Crippen LogP contribution in [0.5, 0.6) is 0 Å². The fourth-order valence-corrected chi connectivity index (χ4v) is 4.64. The summed E-state index contributed by atoms with van der Waals surface area (Å²) >= 11 is 8.10. The molecular formula is C20H21ClN4OS. The lowest BCUT2D eigenvalue weighted by Crippen LogP contribution is -2.25. The van der Waals surface area contributed by atoms with Gasteiger partial charge in [0, 0.05) is 17.8 Å². The number of nitrogens with one attached hydrogen (secondary N) is 1. The Morgan fingerprint density at radius 2 is 2.00 bits per heavy atom. The van der Waals surface area contributed by atoms with Gasteiger partial charge in [-0.05, 0) is 31.2 Å². The molecule has 140 valence electrons. The van der Waals surface area contributed by atoms with Crippen LogP contribution in [-0.2, 0) is 25.8 Å². The van der Waals surface area contributed by atoms with Crippen molar-refractivity contribution in [2.45, 2.75) is 38.6 Å². The molecule has 2 aromatic heterocycles. The number of nitrogens with zero attached hydrogens (tertiary/aromatic N) is 3. The van der Waals surface area contributed by atoms with Gasteiger partial charge in [-0.25, -0.2) is 9.67 Å². The molecule has 0 aliphatic heterocycles. The number of halogens is 1. The fraction of sp³-hybridized carbons (Fsp3) is 0.350. The summed E-state index contributed by atoms with van der Waals surface area (Å²) in [6.45, 7) is 1.08. The lowest BCUT2D eigenvalue weighted by atomic mass is 10.0. The van der Waals surface area contributed by atoms with Crippen molar-refractivity contribution in [1.29, 1.82) is 0 Å². The Labute approximate surface area is 167 Å². The van der Waals surface area contributed by atoms with Crippen LogP contribution in [0.25, 0.3) is 0 Å². The van der Waals surface area contributed by atoms with Crippen molar-refractivity contribution in [1.82, 2.24) is 14.8 Å². The number of aryl methyl sites for hydroxylation is 2. The van der Waals surface area contributed by atoms with E-state index in [4.69, 9.17) is 16.6 Å². The van der Waals surface area contributed by atoms with E-state index < -0.39 is 0 Å². The van der Waals surface area contributed by atoms with Crippen LogP contribution in [0.3, 0.4) is 0 Å². The first-order valence-electron chi connectivity index (χ1n) is 9.21. The van der Waals surface area contributed by atoms with Crippen LogP contribution in [-0.4, -0.2) is 21.3 Å². The van der Waals surface area contributed by atoms with E-state index in [1.807, 2.05) is 41.7 Å². The van der Waals surface area contributed by atoms with Crippen molar-refractivity contribution < 1.29 is 0 Å². The minimum Gasteiger partial charge on any atom is -0.382 e. The van der Waals surface area contributed by atoms with Gasteiger partial charge in [0.15, 0.2) is 0 Å². The fourth-order valence-electron chi connectivity index (χ4n) is 3.27. The minimum atomic E-state index is -0.282. The van der Waals surface area contributed by atoms with E-state index in [1.165, 1.54) is 28.1 Å². The zero-order chi connectivity index (χ0) is 18.6. The van der Waals surface area contributed by atoms with Crippen LogP contribution >= 0.6 is 22.9 Å². The lowest BCUT2D eigenvalue weighted by molar-refractivity contribution is 0.640. The van der Waals surface area contributed by atoms with Gasteiger partial charge in [0.2, 0.25) is 0 Å². The largest absolute Gasteiger partial charge is 0.382 e. The highest BCUT2D eigenvalue weighted by molar-refractivity contribution is 7.11. The molecule has 4 rings (SSSR count). The monoisotopic (exact) mass is 400 g/mol. The summed E-state index contributed by atoms with van der Waals surface area (Å²) in [5.74, 6) is 0. The summed E-state index contributed by atoms with van der Waals surface area (Å²) in [4.78, 5) is 18.7. The molecule has 0 bridgehead atoms. The Hall–Kier alpha value is -2.18. The third-order valence-corrected chi connectivity index (χ3v) is 6.29. The molecule has 0 spiro atoms. The van der Waals surface area contributed by atoms with Crippen molar-refractivity contribution in [3.05, 3.63) is 73.0 Å². The molecule has 5 nitrogen and oxygen atoms in total. The summed E-state index contributed by atoms with van der Waals surface area (Å²) in [6, 6.07) is 9.74. The summed E-state index contributed by atoms with van der Waals surface area (Å²) in [5, 5.41) is 8.82. The van der Waals surface area contributed by atoms with Gasteiger partial charge in [-0.15, -0.1) is 11.3 Å². The van der Waals surface area contributed by atoms with Crippen LogP contribution < -0.4 is 10.9 Å². The summed E-state index contributed by atoms with van der Waals surface area (Å²) < 4.78 is 1.39. The average molecular weight is 401 g/mol. The normalized spacial score (nSPS) is 13.4. The van der Waals surface area contributed by atoms with Crippen molar-refractivity contribution in [3.63, 3.8) is 0 Å². The Morgan fingerprint density at radius 1 is 1.19 bits per heavy atom. The molecule has 1 aliphatic carbocycles. The molecule has 0 saturated carbocycles. The number of hydrogen-bond acceptors (Lipinski definition) is 5. The van der Waals surface area contributed by atoms with E-state index in [0.717, 1.165) is 29.8 Å². The SMILES string of the molecule is O=c1c(Cl)c(NCCc2nc3c(s2)CCCC3)cnn1Cc1ccccc1. The van der Waals surface area contributed by atoms with Crippen LogP contribution in [0.1, 0.15) is 34.0 Å². The standard InChI is InChI=1S/C20H21ClN4OS/c21-19-16(12-23-25(20(19)26)13-14-6-2-1-3-7-14)22-11-10-18-24-15-8-4-5-9-17(15)27-18/h1-3,6-7,12,22H,4-5,8-11,13H2. The molecule has 27 heavy (non-hydrogen) atoms. The topological polar surface area (TPSA) is 59.8 Å². The molecule has 0 atom stereocenters. The molecule has 0 radical (unpaired) electrons. The van der Waals surface area contributed by atoms with Crippen LogP contribution in [0.2, 0.25) is 5.02 Å². The maximum absolute atomic E-state index is 12.5. The molecule has 0 saturated heterocycles. The van der Waals surface area contributed by atoms with E-state index in [1.54, 1.807) is 6.20 Å². The van der Waals surface area contributed by atoms with Crippen molar-refractivity contribution >= 4 is 28.6 Å². The van der Waals surface area contributed by atoms with Gasteiger partial charge < -0.3 is 5.32 Å². The summed E-state index contributed by atoms with van der Waals surface area (Å²) in [5.41, 5.74) is 2.59. The van der Waals surface area contributed by atoms with Gasteiger partial charge >= 0.3 is 0 Å². The van der Waals surface area contributed by atoms with E-state index in [2.05, 4.69) is 10.4 Å². The summed E-state index contributed by atoms with van der Waals surface area (Å²) in [7, 11) is 0. The van der Waals surface area contributed by atoms with Gasteiger partial charge in [0.05, 0.1) is 29.1 Å². The molecule has 1 N–H and O–H groups in total. The highest BCUT2D eigenvalue weighted by atomic mass is 35.5. The molecule has 0 unspecified atom stereocenters. The van der Waals surface area contributed by atoms with E-state index in [0.29, 0.717) is 18.8 Å². The maximum atomic E-state index is 12.5. The van der Waals surface area contributed by atoms with Crippen molar-refractivity contribution in [2.24, 2.45) is 0 Å². The number of thiazole rings is 1. The Kier molecular flexibility index (Phi) is 5.55. The predicted molar refractivity (Wildman–Crippen MR) is 110 cm³/mol. The quantitative estimate of drug-likeness (QED) is 0.680. The second-order valence-corrected chi connectivity index (χ2v) is 8.23. The molecule has 2 heterocycles. The molecule has 0 fully saturated rings. The number of fused-ring (bicyclic) bond motifs is 1. The first kappa shape index (κ1) is 18.2. The van der Waals surface area contributed by atoms with Crippen LogP contribution in [0, 0.1) is 0 Å². The van der Waals surface area contributed by atoms with Gasteiger partial charge in [-0.2, -0.15) is 5.10 Å². The molecule has 1 aromatic carbocycles. The Bertz CT molecular complexity index is 960. The third kappa shape index (κ3) is 4.22. The zero-order valence-corrected chi connectivity index (χ0v) is 16.5. The molecule has 0 amide bonds. The maximum Gasteiger partial charge on any atom is 0.287 e. The lowest BCUT2D eigenvalue weighted by Gasteiger charge is -2.10. The van der Waals surface area contributed by atoms with Gasteiger partial charge in [0.1, 0.15) is 5.02 Å². The van der Waals surface area contributed by atoms with E-state index in [-0.39, 0.29) is 10.6 Å². The van der Waals surface area contributed by atoms with Crippen LogP contribution in [0.15, 0.2) is 41.3 Å². The molecule has 3 aromatic rings. The highest BCUT2D eigenvalue weighted by Gasteiger charge is 2.15. The molecule has 7 heteroatoms. The number of benzene rings is 1. The number of hydrogen-bond donors (Lipinski definition) is 1. The average Bonchev–Trinajstić information content (AvgIpc) is 3.11. The van der Waals surface area contributed by atoms with E-state index in [9.17, 15) is 4.79 Å². The predicted octanol–water partition coefficient (Wildman–Crippen LogP) is 3.93. The van der Waals surface area contributed by atoms with Gasteiger partial charge in [-0.3, -0.25) is 4.79 Å². The van der Waals surface area contributed by atoms with Crippen molar-refractivity contribution in [2.75, 3.05) is 11.9 Å². The summed E-state index contributed by atoms with van der Waals surface area (Å²) in [6.07, 6.45) is 7.23. The highest BCUT2D eigenvalue weighted by Crippen LogP contribution is 2.27. The first-order chi connectivity index (χ1) is 13.2. The zero-order valence-electron chi connectivity index (χ0n) is 14.9.